The second-order valence-corrected chi connectivity index (χ2v) is 8.38. The van der Waals surface area contributed by atoms with Crippen LogP contribution in [0.25, 0.3) is 11.1 Å². The fraction of sp³-hybridized carbons (Fsp3) is 0.286. The molecule has 0 aliphatic heterocycles. The molecule has 4 rings (SSSR count). The molecular weight excluding hydrogens is 517 g/mol. The van der Waals surface area contributed by atoms with E-state index >= 15 is 0 Å². The Bertz CT molecular complexity index is 1380. The fourth-order valence-electron chi connectivity index (χ4n) is 3.24. The van der Waals surface area contributed by atoms with Gasteiger partial charge in [-0.05, 0) is 42.0 Å². The normalized spacial score (nSPS) is 13.2. The summed E-state index contributed by atoms with van der Waals surface area (Å²) in [5.74, 6) is -0.534. The second-order valence-electron chi connectivity index (χ2n) is 7.97. The Labute approximate surface area is 212 Å². The van der Waals surface area contributed by atoms with Gasteiger partial charge < -0.3 is 15.8 Å². The van der Waals surface area contributed by atoms with E-state index in [2.05, 4.69) is 35.9 Å². The maximum Gasteiger partial charge on any atom is 0.437 e. The third-order valence-corrected chi connectivity index (χ3v) is 5.45. The summed E-state index contributed by atoms with van der Waals surface area (Å²) in [4.78, 5) is 19.6. The van der Waals surface area contributed by atoms with Crippen molar-refractivity contribution in [3.63, 3.8) is 0 Å². The van der Waals surface area contributed by atoms with Gasteiger partial charge in [-0.15, -0.1) is 5.10 Å². The summed E-state index contributed by atoms with van der Waals surface area (Å²) in [6.07, 6.45) is 0.250. The van der Waals surface area contributed by atoms with Gasteiger partial charge in [-0.3, -0.25) is 9.48 Å². The van der Waals surface area contributed by atoms with E-state index in [-0.39, 0.29) is 12.1 Å². The van der Waals surface area contributed by atoms with Crippen LogP contribution in [0.15, 0.2) is 43.1 Å². The van der Waals surface area contributed by atoms with Crippen molar-refractivity contribution >= 4 is 29.1 Å². The summed E-state index contributed by atoms with van der Waals surface area (Å²) in [6.45, 7) is 3.56. The molecule has 0 aliphatic carbocycles. The van der Waals surface area contributed by atoms with Gasteiger partial charge >= 0.3 is 6.18 Å². The van der Waals surface area contributed by atoms with Gasteiger partial charge in [0.15, 0.2) is 5.69 Å². The number of ether oxygens (including phenoxy) is 1. The quantitative estimate of drug-likeness (QED) is 0.328. The SMILES string of the molecule is CC(C(N)=O)n1cc(Nc2ncc(-c3ccc(Cl)c(O[C@@H](C)Cn4cnnn4)c3)cn2)c(C(F)(F)F)n1. The molecule has 0 radical (unpaired) electrons. The summed E-state index contributed by atoms with van der Waals surface area (Å²) in [5.41, 5.74) is 4.76. The highest BCUT2D eigenvalue weighted by molar-refractivity contribution is 6.32. The van der Waals surface area contributed by atoms with Gasteiger partial charge in [0, 0.05) is 18.0 Å². The Kier molecular flexibility index (Phi) is 7.24. The van der Waals surface area contributed by atoms with Gasteiger partial charge in [0.05, 0.1) is 23.5 Å². The van der Waals surface area contributed by atoms with E-state index in [0.29, 0.717) is 28.4 Å². The molecule has 0 spiro atoms. The predicted molar refractivity (Wildman–Crippen MR) is 125 cm³/mol. The number of hydrogen-bond acceptors (Lipinski definition) is 9. The average molecular weight is 537 g/mol. The first-order chi connectivity index (χ1) is 17.5. The number of tetrazole rings is 1. The molecule has 1 unspecified atom stereocenters. The number of primary amides is 1. The Morgan fingerprint density at radius 2 is 1.95 bits per heavy atom. The van der Waals surface area contributed by atoms with Crippen molar-refractivity contribution in [1.29, 1.82) is 0 Å². The highest BCUT2D eigenvalue weighted by Crippen LogP contribution is 2.35. The molecule has 3 N–H and O–H groups in total. The van der Waals surface area contributed by atoms with Gasteiger partial charge in [0.2, 0.25) is 11.9 Å². The lowest BCUT2D eigenvalue weighted by atomic mass is 10.1. The Hall–Kier alpha value is -4.27. The summed E-state index contributed by atoms with van der Waals surface area (Å²) in [5, 5.41) is 17.3. The molecule has 3 heterocycles. The molecule has 1 aromatic carbocycles. The molecule has 3 aromatic heterocycles. The number of nitrogens with zero attached hydrogens (tertiary/aromatic N) is 8. The lowest BCUT2D eigenvalue weighted by Crippen LogP contribution is -2.24. The molecule has 194 valence electrons. The first-order valence-corrected chi connectivity index (χ1v) is 11.1. The number of nitrogens with two attached hydrogens (primary N) is 1. The maximum absolute atomic E-state index is 13.5. The number of nitrogens with one attached hydrogen (secondary N) is 1. The summed E-state index contributed by atoms with van der Waals surface area (Å²) in [7, 11) is 0. The number of amides is 1. The van der Waals surface area contributed by atoms with Crippen LogP contribution in [0.5, 0.6) is 5.75 Å². The van der Waals surface area contributed by atoms with Crippen LogP contribution in [0.1, 0.15) is 25.6 Å². The fourth-order valence-corrected chi connectivity index (χ4v) is 3.40. The standard InChI is InChI=1S/C21H20ClF3N10O2/c1-11(8-34-10-29-32-33-34)37-17-5-13(3-4-15(17)22)14-6-27-20(28-7-14)30-16-9-35(12(2)19(26)36)31-18(16)21(23,24)25/h3-7,9-12H,8H2,1-2H3,(H2,26,36)(H,27,28,30)/t11-,12?/m0/s1. The molecule has 0 aliphatic rings. The summed E-state index contributed by atoms with van der Waals surface area (Å²) >= 11 is 6.28. The molecule has 4 aromatic rings. The first-order valence-electron chi connectivity index (χ1n) is 10.7. The number of alkyl halides is 3. The lowest BCUT2D eigenvalue weighted by Gasteiger charge is -2.16. The molecular formula is C21H20ClF3N10O2. The van der Waals surface area contributed by atoms with Gasteiger partial charge in [-0.1, -0.05) is 17.7 Å². The zero-order valence-corrected chi connectivity index (χ0v) is 20.1. The number of carbonyl (C=O) groups is 1. The van der Waals surface area contributed by atoms with Gasteiger partial charge in [0.25, 0.3) is 0 Å². The van der Waals surface area contributed by atoms with Crippen LogP contribution < -0.4 is 15.8 Å². The molecule has 37 heavy (non-hydrogen) atoms. The number of rotatable bonds is 9. The van der Waals surface area contributed by atoms with Crippen LogP contribution in [0, 0.1) is 0 Å². The molecule has 0 bridgehead atoms. The molecule has 1 amide bonds. The zero-order valence-electron chi connectivity index (χ0n) is 19.4. The van der Waals surface area contributed by atoms with E-state index in [1.54, 1.807) is 18.2 Å². The highest BCUT2D eigenvalue weighted by atomic mass is 35.5. The van der Waals surface area contributed by atoms with E-state index in [0.717, 1.165) is 10.9 Å². The number of carbonyl (C=O) groups excluding carboxylic acids is 1. The van der Waals surface area contributed by atoms with E-state index in [1.165, 1.54) is 30.3 Å². The van der Waals surface area contributed by atoms with Gasteiger partial charge in [-0.25, -0.2) is 14.6 Å². The Morgan fingerprint density at radius 3 is 2.57 bits per heavy atom. The third-order valence-electron chi connectivity index (χ3n) is 5.14. The average Bonchev–Trinajstić information content (AvgIpc) is 3.50. The number of anilines is 2. The minimum atomic E-state index is -4.79. The molecule has 12 nitrogen and oxygen atoms in total. The van der Waals surface area contributed by atoms with Crippen molar-refractivity contribution in [3.05, 3.63) is 53.8 Å². The van der Waals surface area contributed by atoms with Crippen LogP contribution in [0.4, 0.5) is 24.8 Å². The highest BCUT2D eigenvalue weighted by Gasteiger charge is 2.38. The number of aromatic nitrogens is 8. The summed E-state index contributed by atoms with van der Waals surface area (Å²) < 4.78 is 48.7. The number of hydrogen-bond donors (Lipinski definition) is 2. The van der Waals surface area contributed by atoms with Crippen molar-refractivity contribution in [1.82, 2.24) is 40.0 Å². The van der Waals surface area contributed by atoms with Crippen molar-refractivity contribution in [2.75, 3.05) is 5.32 Å². The second kappa shape index (κ2) is 10.4. The Balaban J connectivity index is 1.52. The van der Waals surface area contributed by atoms with E-state index < -0.39 is 29.5 Å². The minimum absolute atomic E-state index is 0.110. The summed E-state index contributed by atoms with van der Waals surface area (Å²) in [6, 6.07) is 3.98. The van der Waals surface area contributed by atoms with Crippen LogP contribution in [-0.2, 0) is 17.5 Å². The number of benzene rings is 1. The smallest absolute Gasteiger partial charge is 0.437 e. The topological polar surface area (TPSA) is 152 Å². The van der Waals surface area contributed by atoms with Gasteiger partial charge in [0.1, 0.15) is 24.2 Å². The lowest BCUT2D eigenvalue weighted by molar-refractivity contribution is -0.141. The molecule has 2 atom stereocenters. The van der Waals surface area contributed by atoms with Crippen molar-refractivity contribution < 1.29 is 22.7 Å². The van der Waals surface area contributed by atoms with Crippen molar-refractivity contribution in [3.8, 4) is 16.9 Å². The predicted octanol–water partition coefficient (Wildman–Crippen LogP) is 3.26. The van der Waals surface area contributed by atoms with Crippen LogP contribution >= 0.6 is 11.6 Å². The van der Waals surface area contributed by atoms with Crippen LogP contribution in [-0.4, -0.2) is 52.0 Å². The molecule has 0 saturated heterocycles. The monoisotopic (exact) mass is 536 g/mol. The third kappa shape index (κ3) is 6.11. The number of halogens is 4. The van der Waals surface area contributed by atoms with E-state index in [4.69, 9.17) is 22.1 Å². The molecule has 16 heteroatoms. The minimum Gasteiger partial charge on any atom is -0.487 e. The maximum atomic E-state index is 13.5. The van der Waals surface area contributed by atoms with E-state index in [1.807, 2.05) is 6.92 Å². The van der Waals surface area contributed by atoms with Crippen LogP contribution in [0.3, 0.4) is 0 Å². The molecule has 0 fully saturated rings. The van der Waals surface area contributed by atoms with Crippen molar-refractivity contribution in [2.24, 2.45) is 5.73 Å². The molecule has 0 saturated carbocycles. The zero-order chi connectivity index (χ0) is 26.7. The first kappa shape index (κ1) is 25.8. The van der Waals surface area contributed by atoms with Gasteiger partial charge in [-0.2, -0.15) is 18.3 Å². The van der Waals surface area contributed by atoms with Crippen molar-refractivity contribution in [2.45, 2.75) is 38.7 Å². The Morgan fingerprint density at radius 1 is 1.22 bits per heavy atom. The van der Waals surface area contributed by atoms with Crippen LogP contribution in [0.2, 0.25) is 5.02 Å². The van der Waals surface area contributed by atoms with E-state index in [9.17, 15) is 18.0 Å². The largest absolute Gasteiger partial charge is 0.487 e.